The fourth-order valence-electron chi connectivity index (χ4n) is 6.51. The molecular formula is C27H28N2O5. The van der Waals surface area contributed by atoms with Crippen LogP contribution in [0.4, 0.5) is 5.69 Å². The normalized spacial score (nSPS) is 31.6. The van der Waals surface area contributed by atoms with Crippen LogP contribution in [0.15, 0.2) is 53.0 Å². The number of phenols is 1. The molecule has 7 heteroatoms. The van der Waals surface area contributed by atoms with Crippen molar-refractivity contribution in [3.8, 4) is 11.5 Å². The smallest absolute Gasteiger partial charge is 0.264 e. The first kappa shape index (κ1) is 21.4. The Morgan fingerprint density at radius 1 is 1.26 bits per heavy atom. The number of nitrogens with zero attached hydrogens (tertiary/aromatic N) is 2. The molecule has 1 spiro atoms. The molecule has 0 unspecified atom stereocenters. The van der Waals surface area contributed by atoms with Crippen LogP contribution < -0.4 is 9.80 Å². The number of rotatable bonds is 4. The molecular weight excluding hydrogens is 432 g/mol. The lowest BCUT2D eigenvalue weighted by molar-refractivity contribution is -0.137. The Labute approximate surface area is 198 Å². The molecule has 34 heavy (non-hydrogen) atoms. The number of carbonyl (C=O) groups excluding carboxylic acids is 1. The predicted molar refractivity (Wildman–Crippen MR) is 128 cm³/mol. The van der Waals surface area contributed by atoms with Crippen LogP contribution in [-0.4, -0.2) is 49.7 Å². The number of anilines is 1. The van der Waals surface area contributed by atoms with Gasteiger partial charge in [0.05, 0.1) is 38.7 Å². The van der Waals surface area contributed by atoms with E-state index in [1.807, 2.05) is 36.4 Å². The molecule has 1 N–H and O–H groups in total. The van der Waals surface area contributed by atoms with Crippen molar-refractivity contribution in [2.45, 2.75) is 37.3 Å². The van der Waals surface area contributed by atoms with Crippen molar-refractivity contribution in [1.82, 2.24) is 0 Å². The second-order valence-electron chi connectivity index (χ2n) is 9.64. The summed E-state index contributed by atoms with van der Waals surface area (Å²) in [5.74, 6) is 1.03. The van der Waals surface area contributed by atoms with Crippen LogP contribution in [0.3, 0.4) is 0 Å². The minimum absolute atomic E-state index is 0.0130. The summed E-state index contributed by atoms with van der Waals surface area (Å²) < 4.78 is 11.6. The van der Waals surface area contributed by atoms with Gasteiger partial charge in [-0.25, -0.2) is 0 Å². The lowest BCUT2D eigenvalue weighted by atomic mass is 9.71. The molecule has 2 saturated heterocycles. The summed E-state index contributed by atoms with van der Waals surface area (Å²) in [4.78, 5) is 24.5. The third-order valence-electron chi connectivity index (χ3n) is 8.05. The Hall–Kier alpha value is -3.16. The number of hydrogen-bond donors (Lipinski definition) is 1. The predicted octanol–water partition coefficient (Wildman–Crippen LogP) is 3.90. The van der Waals surface area contributed by atoms with Gasteiger partial charge in [0.25, 0.3) is 5.91 Å². The Kier molecular flexibility index (Phi) is 4.83. The van der Waals surface area contributed by atoms with Crippen LogP contribution in [0.25, 0.3) is 6.08 Å². The minimum atomic E-state index is -0.766. The van der Waals surface area contributed by atoms with Gasteiger partial charge in [-0.2, -0.15) is 5.06 Å². The van der Waals surface area contributed by atoms with Crippen LogP contribution in [0.2, 0.25) is 0 Å². The molecule has 1 saturated carbocycles. The topological polar surface area (TPSA) is 80.6 Å². The highest BCUT2D eigenvalue weighted by Gasteiger charge is 2.64. The van der Waals surface area contributed by atoms with Crippen molar-refractivity contribution in [2.24, 2.45) is 16.8 Å². The highest BCUT2D eigenvalue weighted by atomic mass is 16.7. The van der Waals surface area contributed by atoms with Crippen molar-refractivity contribution in [1.29, 1.82) is 0 Å². The van der Waals surface area contributed by atoms with Gasteiger partial charge < -0.3 is 14.6 Å². The summed E-state index contributed by atoms with van der Waals surface area (Å²) in [6.07, 6.45) is 3.24. The zero-order valence-electron chi connectivity index (χ0n) is 19.5. The molecule has 3 fully saturated rings. The van der Waals surface area contributed by atoms with Gasteiger partial charge >= 0.3 is 0 Å². The summed E-state index contributed by atoms with van der Waals surface area (Å²) in [7, 11) is 3.08. The maximum Gasteiger partial charge on any atom is 0.264 e. The van der Waals surface area contributed by atoms with E-state index < -0.39 is 5.41 Å². The fraction of sp³-hybridized carbons (Fsp3) is 0.407. The van der Waals surface area contributed by atoms with E-state index in [0.717, 1.165) is 34.5 Å². The molecule has 4 bridgehead atoms. The number of fused-ring (bicyclic) bond motifs is 2. The summed E-state index contributed by atoms with van der Waals surface area (Å²) in [5.41, 5.74) is 4.17. The number of carbonyl (C=O) groups is 1. The van der Waals surface area contributed by atoms with Gasteiger partial charge in [0.15, 0.2) is 11.5 Å². The van der Waals surface area contributed by atoms with Crippen molar-refractivity contribution in [3.63, 3.8) is 0 Å². The molecule has 2 aromatic carbocycles. The second-order valence-corrected chi connectivity index (χ2v) is 9.64. The van der Waals surface area contributed by atoms with E-state index in [0.29, 0.717) is 18.8 Å². The molecule has 176 valence electrons. The first-order valence-electron chi connectivity index (χ1n) is 11.7. The van der Waals surface area contributed by atoms with Crippen molar-refractivity contribution in [2.75, 3.05) is 25.9 Å². The van der Waals surface area contributed by atoms with Crippen LogP contribution in [-0.2, 0) is 19.8 Å². The number of allylic oxidation sites excluding steroid dienone is 1. The molecule has 0 radical (unpaired) electrons. The number of phenolic OH excluding ortho intramolecular Hbond substituents is 1. The Balaban J connectivity index is 1.39. The van der Waals surface area contributed by atoms with E-state index in [9.17, 15) is 9.90 Å². The van der Waals surface area contributed by atoms with Crippen molar-refractivity contribution < 1.29 is 24.2 Å². The van der Waals surface area contributed by atoms with Crippen LogP contribution in [0.1, 0.15) is 30.9 Å². The first-order chi connectivity index (χ1) is 16.5. The molecule has 1 aliphatic carbocycles. The lowest BCUT2D eigenvalue weighted by Crippen LogP contribution is -2.51. The minimum Gasteiger partial charge on any atom is -0.504 e. The standard InChI is InChI=1S/C27H28N2O5/c1-15(10-16-8-9-22(30)23(11-16)32-2)25-17-12-24-27(13-20(28-25)18(17)14-34-24)19-6-4-5-7-21(19)29(33-3)26(27)31/h4-11,17-18,20,24,30H,12-14H2,1-3H3/b15-10+/t17-,18-,20+,24-,27+/m1/s1. The van der Waals surface area contributed by atoms with Gasteiger partial charge in [-0.3, -0.25) is 14.6 Å². The third-order valence-corrected chi connectivity index (χ3v) is 8.05. The van der Waals surface area contributed by atoms with Crippen LogP contribution >= 0.6 is 0 Å². The quantitative estimate of drug-likeness (QED) is 0.749. The number of methoxy groups -OCH3 is 1. The molecule has 4 heterocycles. The molecule has 1 amide bonds. The summed E-state index contributed by atoms with van der Waals surface area (Å²) in [6, 6.07) is 13.2. The Morgan fingerprint density at radius 2 is 2.09 bits per heavy atom. The Morgan fingerprint density at radius 3 is 2.88 bits per heavy atom. The summed E-state index contributed by atoms with van der Waals surface area (Å²) in [5, 5.41) is 11.3. The number of amides is 1. The van der Waals surface area contributed by atoms with E-state index in [1.165, 1.54) is 12.2 Å². The van der Waals surface area contributed by atoms with E-state index in [2.05, 4.69) is 13.0 Å². The van der Waals surface area contributed by atoms with Crippen LogP contribution in [0, 0.1) is 11.8 Å². The molecule has 4 aliphatic heterocycles. The zero-order valence-corrected chi connectivity index (χ0v) is 19.5. The number of para-hydroxylation sites is 1. The SMILES string of the molecule is COc1cc(/C=C(\C)C2=N[C@H]3C[C@@]4(C(=O)N(OC)c5ccccc54)[C@H]4C[C@@H]2[C@H]3CO4)ccc1O. The molecule has 7 rings (SSSR count). The van der Waals surface area contributed by atoms with Crippen molar-refractivity contribution >= 4 is 23.4 Å². The monoisotopic (exact) mass is 460 g/mol. The van der Waals surface area contributed by atoms with Gasteiger partial charge in [0, 0.05) is 17.5 Å². The second kappa shape index (κ2) is 7.68. The van der Waals surface area contributed by atoms with Gasteiger partial charge in [-0.05, 0) is 54.7 Å². The highest BCUT2D eigenvalue weighted by Crippen LogP contribution is 2.57. The van der Waals surface area contributed by atoms with Gasteiger partial charge in [-0.15, -0.1) is 0 Å². The molecule has 2 aromatic rings. The maximum atomic E-state index is 13.8. The first-order valence-corrected chi connectivity index (χ1v) is 11.7. The number of hydroxylamine groups is 1. The number of benzene rings is 2. The largest absolute Gasteiger partial charge is 0.504 e. The molecule has 7 nitrogen and oxygen atoms in total. The highest BCUT2D eigenvalue weighted by molar-refractivity contribution is 6.09. The number of hydrogen-bond acceptors (Lipinski definition) is 6. The fourth-order valence-corrected chi connectivity index (χ4v) is 6.51. The maximum absolute atomic E-state index is 13.8. The Bertz CT molecular complexity index is 1240. The number of ether oxygens (including phenoxy) is 2. The number of aliphatic imine (C=N–C) groups is 1. The zero-order chi connectivity index (χ0) is 23.6. The van der Waals surface area contributed by atoms with Gasteiger partial charge in [0.1, 0.15) is 5.41 Å². The molecule has 5 aliphatic rings. The van der Waals surface area contributed by atoms with E-state index in [4.69, 9.17) is 19.3 Å². The number of aromatic hydroxyl groups is 1. The van der Waals surface area contributed by atoms with E-state index in [-0.39, 0.29) is 35.6 Å². The molecule has 0 aromatic heterocycles. The van der Waals surface area contributed by atoms with Crippen LogP contribution in [0.5, 0.6) is 11.5 Å². The summed E-state index contributed by atoms with van der Waals surface area (Å²) >= 11 is 0. The van der Waals surface area contributed by atoms with Gasteiger partial charge in [0.2, 0.25) is 0 Å². The van der Waals surface area contributed by atoms with E-state index in [1.54, 1.807) is 13.2 Å². The summed E-state index contributed by atoms with van der Waals surface area (Å²) in [6.45, 7) is 2.69. The average Bonchev–Trinajstić information content (AvgIpc) is 3.21. The average molecular weight is 461 g/mol. The molecule has 5 atom stereocenters. The third kappa shape index (κ3) is 2.83. The van der Waals surface area contributed by atoms with Crippen molar-refractivity contribution in [3.05, 3.63) is 59.2 Å². The lowest BCUT2D eigenvalue weighted by Gasteiger charge is -2.38. The van der Waals surface area contributed by atoms with Gasteiger partial charge in [-0.1, -0.05) is 30.3 Å². The van der Waals surface area contributed by atoms with E-state index >= 15 is 0 Å².